The quantitative estimate of drug-likeness (QED) is 0.903. The lowest BCUT2D eigenvalue weighted by atomic mass is 10.1. The Balaban J connectivity index is 2.08. The van der Waals surface area contributed by atoms with Crippen molar-refractivity contribution in [3.63, 3.8) is 0 Å². The maximum Gasteiger partial charge on any atom is 0.256 e. The summed E-state index contributed by atoms with van der Waals surface area (Å²) in [4.78, 5) is 13.8. The molecule has 4 nitrogen and oxygen atoms in total. The first-order valence-electron chi connectivity index (χ1n) is 6.39. The summed E-state index contributed by atoms with van der Waals surface area (Å²) >= 11 is 0. The summed E-state index contributed by atoms with van der Waals surface area (Å²) in [6.45, 7) is 1.34. The largest absolute Gasteiger partial charge is 0.497 e. The molecule has 0 bridgehead atoms. The Labute approximate surface area is 111 Å². The molecule has 1 unspecified atom stereocenters. The van der Waals surface area contributed by atoms with Gasteiger partial charge in [0.15, 0.2) is 0 Å². The summed E-state index contributed by atoms with van der Waals surface area (Å²) in [6, 6.07) is 4.25. The topological polar surface area (TPSA) is 49.8 Å². The van der Waals surface area contributed by atoms with Crippen LogP contribution in [0.1, 0.15) is 23.2 Å². The molecule has 1 heterocycles. The zero-order chi connectivity index (χ0) is 13.8. The van der Waals surface area contributed by atoms with Crippen LogP contribution in [0, 0.1) is 11.7 Å². The molecule has 0 radical (unpaired) electrons. The minimum absolute atomic E-state index is 0.0745. The van der Waals surface area contributed by atoms with E-state index in [0.29, 0.717) is 31.2 Å². The molecule has 19 heavy (non-hydrogen) atoms. The van der Waals surface area contributed by atoms with Crippen LogP contribution in [0.3, 0.4) is 0 Å². The van der Waals surface area contributed by atoms with Crippen LogP contribution in [0.4, 0.5) is 4.39 Å². The molecule has 0 spiro atoms. The Hall–Kier alpha value is -1.62. The van der Waals surface area contributed by atoms with E-state index >= 15 is 0 Å². The van der Waals surface area contributed by atoms with Crippen LogP contribution in [-0.2, 0) is 0 Å². The predicted octanol–water partition coefficient (Wildman–Crippen LogP) is 1.68. The van der Waals surface area contributed by atoms with Crippen LogP contribution in [0.2, 0.25) is 0 Å². The van der Waals surface area contributed by atoms with Crippen LogP contribution in [0.25, 0.3) is 0 Å². The van der Waals surface area contributed by atoms with Gasteiger partial charge in [-0.1, -0.05) is 0 Å². The highest BCUT2D eigenvalue weighted by Crippen LogP contribution is 2.23. The second-order valence-electron chi connectivity index (χ2n) is 4.76. The number of halogens is 1. The molecule has 1 saturated heterocycles. The first-order valence-corrected chi connectivity index (χ1v) is 6.39. The van der Waals surface area contributed by atoms with E-state index < -0.39 is 5.82 Å². The third kappa shape index (κ3) is 3.04. The number of likely N-dealkylation sites (tertiary alicyclic amines) is 1. The summed E-state index contributed by atoms with van der Waals surface area (Å²) in [5.41, 5.74) is 0.0745. The second kappa shape index (κ2) is 6.02. The molecular weight excluding hydrogens is 249 g/mol. The lowest BCUT2D eigenvalue weighted by Gasteiger charge is -2.17. The first kappa shape index (κ1) is 13.8. The summed E-state index contributed by atoms with van der Waals surface area (Å²) in [7, 11) is 1.45. The van der Waals surface area contributed by atoms with Gasteiger partial charge in [-0.25, -0.2) is 4.39 Å². The molecule has 1 amide bonds. The van der Waals surface area contributed by atoms with Gasteiger partial charge in [-0.2, -0.15) is 0 Å². The Bertz CT molecular complexity index is 464. The maximum absolute atomic E-state index is 13.8. The highest BCUT2D eigenvalue weighted by Gasteiger charge is 2.27. The van der Waals surface area contributed by atoms with E-state index in [0.717, 1.165) is 6.42 Å². The van der Waals surface area contributed by atoms with Crippen molar-refractivity contribution in [1.29, 1.82) is 0 Å². The van der Waals surface area contributed by atoms with Crippen molar-refractivity contribution in [1.82, 2.24) is 4.90 Å². The second-order valence-corrected chi connectivity index (χ2v) is 4.76. The summed E-state index contributed by atoms with van der Waals surface area (Å²) in [5, 5.41) is 8.89. The van der Waals surface area contributed by atoms with Crippen LogP contribution in [0.15, 0.2) is 18.2 Å². The number of rotatable bonds is 4. The average Bonchev–Trinajstić information content (AvgIpc) is 2.87. The molecule has 1 N–H and O–H groups in total. The van der Waals surface area contributed by atoms with Gasteiger partial charge in [0.05, 0.1) is 12.7 Å². The van der Waals surface area contributed by atoms with Gasteiger partial charge in [0.25, 0.3) is 5.91 Å². The van der Waals surface area contributed by atoms with Crippen molar-refractivity contribution < 1.29 is 19.0 Å². The van der Waals surface area contributed by atoms with Gasteiger partial charge in [0.2, 0.25) is 0 Å². The van der Waals surface area contributed by atoms with Crippen molar-refractivity contribution in [2.75, 3.05) is 26.8 Å². The highest BCUT2D eigenvalue weighted by molar-refractivity contribution is 5.94. The SMILES string of the molecule is COc1ccc(C(=O)N2CCC(CCO)C2)c(F)c1. The molecule has 1 aliphatic heterocycles. The molecule has 1 aromatic rings. The number of benzene rings is 1. The molecule has 1 aliphatic rings. The van der Waals surface area contributed by atoms with Crippen molar-refractivity contribution in [2.45, 2.75) is 12.8 Å². The molecule has 1 atom stereocenters. The fraction of sp³-hybridized carbons (Fsp3) is 0.500. The minimum atomic E-state index is -0.560. The number of carbonyl (C=O) groups excluding carboxylic acids is 1. The average molecular weight is 267 g/mol. The van der Waals surface area contributed by atoms with Gasteiger partial charge in [-0.05, 0) is 30.9 Å². The third-order valence-corrected chi connectivity index (χ3v) is 3.52. The smallest absolute Gasteiger partial charge is 0.256 e. The Kier molecular flexibility index (Phi) is 4.37. The van der Waals surface area contributed by atoms with Crippen LogP contribution >= 0.6 is 0 Å². The number of amides is 1. The fourth-order valence-corrected chi connectivity index (χ4v) is 2.40. The third-order valence-electron chi connectivity index (χ3n) is 3.52. The van der Waals surface area contributed by atoms with Gasteiger partial charge in [0, 0.05) is 25.8 Å². The number of aliphatic hydroxyl groups excluding tert-OH is 1. The van der Waals surface area contributed by atoms with E-state index in [-0.39, 0.29) is 18.1 Å². The number of nitrogens with zero attached hydrogens (tertiary/aromatic N) is 1. The van der Waals surface area contributed by atoms with Crippen molar-refractivity contribution in [2.24, 2.45) is 5.92 Å². The predicted molar refractivity (Wildman–Crippen MR) is 68.7 cm³/mol. The molecular formula is C14H18FNO3. The Morgan fingerprint density at radius 1 is 1.58 bits per heavy atom. The molecule has 0 aliphatic carbocycles. The lowest BCUT2D eigenvalue weighted by molar-refractivity contribution is 0.0780. The minimum Gasteiger partial charge on any atom is -0.497 e. The van der Waals surface area contributed by atoms with E-state index in [9.17, 15) is 9.18 Å². The number of hydrogen-bond donors (Lipinski definition) is 1. The Morgan fingerprint density at radius 3 is 3.00 bits per heavy atom. The van der Waals surface area contributed by atoms with Crippen LogP contribution < -0.4 is 4.74 Å². The number of carbonyl (C=O) groups is 1. The van der Waals surface area contributed by atoms with E-state index in [1.807, 2.05) is 0 Å². The van der Waals surface area contributed by atoms with Gasteiger partial charge < -0.3 is 14.7 Å². The van der Waals surface area contributed by atoms with Gasteiger partial charge >= 0.3 is 0 Å². The number of ether oxygens (including phenoxy) is 1. The van der Waals surface area contributed by atoms with Crippen molar-refractivity contribution in [3.05, 3.63) is 29.6 Å². The molecule has 5 heteroatoms. The number of hydrogen-bond acceptors (Lipinski definition) is 3. The summed E-state index contributed by atoms with van der Waals surface area (Å²) in [6.07, 6.45) is 1.55. The van der Waals surface area contributed by atoms with E-state index in [1.165, 1.54) is 19.2 Å². The van der Waals surface area contributed by atoms with E-state index in [1.54, 1.807) is 11.0 Å². The van der Waals surface area contributed by atoms with Crippen molar-refractivity contribution >= 4 is 5.91 Å². The lowest BCUT2D eigenvalue weighted by Crippen LogP contribution is -2.29. The van der Waals surface area contributed by atoms with E-state index in [2.05, 4.69) is 0 Å². The molecule has 104 valence electrons. The van der Waals surface area contributed by atoms with E-state index in [4.69, 9.17) is 9.84 Å². The fourth-order valence-electron chi connectivity index (χ4n) is 2.40. The Morgan fingerprint density at radius 2 is 2.37 bits per heavy atom. The molecule has 0 aromatic heterocycles. The molecule has 1 fully saturated rings. The summed E-state index contributed by atoms with van der Waals surface area (Å²) < 4.78 is 18.7. The maximum atomic E-state index is 13.8. The monoisotopic (exact) mass is 267 g/mol. The van der Waals surface area contributed by atoms with Crippen molar-refractivity contribution in [3.8, 4) is 5.75 Å². The normalized spacial score (nSPS) is 18.7. The molecule has 2 rings (SSSR count). The van der Waals surface area contributed by atoms with Gasteiger partial charge in [-0.15, -0.1) is 0 Å². The van der Waals surface area contributed by atoms with Crippen LogP contribution in [-0.4, -0.2) is 42.7 Å². The standard InChI is InChI=1S/C14H18FNO3/c1-19-11-2-3-12(13(15)8-11)14(18)16-6-4-10(9-16)5-7-17/h2-3,8,10,17H,4-7,9H2,1H3. The number of methoxy groups -OCH3 is 1. The number of aliphatic hydroxyl groups is 1. The molecule has 1 aromatic carbocycles. The zero-order valence-corrected chi connectivity index (χ0v) is 10.9. The van der Waals surface area contributed by atoms with Gasteiger partial charge in [0.1, 0.15) is 11.6 Å². The first-order chi connectivity index (χ1) is 9.15. The van der Waals surface area contributed by atoms with Gasteiger partial charge in [-0.3, -0.25) is 4.79 Å². The summed E-state index contributed by atoms with van der Waals surface area (Å²) in [5.74, 6) is -0.139. The van der Waals surface area contributed by atoms with Crippen LogP contribution in [0.5, 0.6) is 5.75 Å². The zero-order valence-electron chi connectivity index (χ0n) is 10.9. The highest BCUT2D eigenvalue weighted by atomic mass is 19.1. The molecule has 0 saturated carbocycles.